The van der Waals surface area contributed by atoms with E-state index in [9.17, 15) is 9.18 Å². The Labute approximate surface area is 112 Å². The van der Waals surface area contributed by atoms with Gasteiger partial charge in [0, 0.05) is 18.2 Å². The molecule has 0 radical (unpaired) electrons. The minimum atomic E-state index is -0.567. The standard InChI is InChI=1S/C15H17FN2O/c1-10(2)7-12-5-6-15(19)18(12)13-4-3-11(9-17)14(16)8-13/h3-4,8,10,12H,5-7H2,1-2H3. The molecule has 1 unspecified atom stereocenters. The fourth-order valence-electron chi connectivity index (χ4n) is 2.61. The molecule has 19 heavy (non-hydrogen) atoms. The lowest BCUT2D eigenvalue weighted by Gasteiger charge is -2.26. The summed E-state index contributed by atoms with van der Waals surface area (Å²) in [6, 6.07) is 6.30. The Hall–Kier alpha value is -1.89. The van der Waals surface area contributed by atoms with E-state index in [-0.39, 0.29) is 17.5 Å². The molecule has 1 aliphatic heterocycles. The molecule has 1 saturated heterocycles. The number of nitrogens with zero attached hydrogens (tertiary/aromatic N) is 2. The van der Waals surface area contributed by atoms with Gasteiger partial charge in [0.1, 0.15) is 11.9 Å². The lowest BCUT2D eigenvalue weighted by atomic mass is 10.0. The van der Waals surface area contributed by atoms with Crippen LogP contribution in [0.25, 0.3) is 0 Å². The predicted molar refractivity (Wildman–Crippen MR) is 71.1 cm³/mol. The summed E-state index contributed by atoms with van der Waals surface area (Å²) in [6.07, 6.45) is 2.24. The van der Waals surface area contributed by atoms with E-state index in [1.165, 1.54) is 12.1 Å². The molecule has 1 aromatic rings. The van der Waals surface area contributed by atoms with Crippen molar-refractivity contribution in [2.75, 3.05) is 4.90 Å². The third kappa shape index (κ3) is 2.76. The molecule has 0 spiro atoms. The molecule has 2 rings (SSSR count). The SMILES string of the molecule is CC(C)CC1CCC(=O)N1c1ccc(C#N)c(F)c1. The van der Waals surface area contributed by atoms with Crippen molar-refractivity contribution in [2.24, 2.45) is 5.92 Å². The number of amides is 1. The average Bonchev–Trinajstić information content (AvgIpc) is 2.69. The highest BCUT2D eigenvalue weighted by molar-refractivity contribution is 5.96. The quantitative estimate of drug-likeness (QED) is 0.837. The number of halogens is 1. The minimum Gasteiger partial charge on any atom is -0.309 e. The van der Waals surface area contributed by atoms with Crippen LogP contribution in [-0.4, -0.2) is 11.9 Å². The first kappa shape index (κ1) is 13.5. The Balaban J connectivity index is 2.30. The van der Waals surface area contributed by atoms with Crippen LogP contribution in [0.5, 0.6) is 0 Å². The molecule has 1 fully saturated rings. The van der Waals surface area contributed by atoms with E-state index in [4.69, 9.17) is 5.26 Å². The molecule has 3 nitrogen and oxygen atoms in total. The van der Waals surface area contributed by atoms with Gasteiger partial charge in [0.05, 0.1) is 5.56 Å². The first-order chi connectivity index (χ1) is 9.02. The minimum absolute atomic E-state index is 0.0100. The van der Waals surface area contributed by atoms with Crippen LogP contribution in [0, 0.1) is 23.1 Å². The molecule has 4 heteroatoms. The monoisotopic (exact) mass is 260 g/mol. The molecule has 1 aromatic carbocycles. The number of hydrogen-bond donors (Lipinski definition) is 0. The van der Waals surface area contributed by atoms with E-state index in [0.717, 1.165) is 12.8 Å². The topological polar surface area (TPSA) is 44.1 Å². The van der Waals surface area contributed by atoms with Crippen LogP contribution in [0.2, 0.25) is 0 Å². The Morgan fingerprint density at radius 3 is 2.84 bits per heavy atom. The molecular formula is C15H17FN2O. The van der Waals surface area contributed by atoms with Crippen LogP contribution < -0.4 is 4.90 Å². The normalized spacial score (nSPS) is 19.0. The summed E-state index contributed by atoms with van der Waals surface area (Å²) in [7, 11) is 0. The van der Waals surface area contributed by atoms with Gasteiger partial charge in [-0.25, -0.2) is 4.39 Å². The van der Waals surface area contributed by atoms with Crippen LogP contribution in [0.3, 0.4) is 0 Å². The molecule has 0 saturated carbocycles. The van der Waals surface area contributed by atoms with Gasteiger partial charge < -0.3 is 4.90 Å². The van der Waals surface area contributed by atoms with E-state index in [0.29, 0.717) is 18.0 Å². The summed E-state index contributed by atoms with van der Waals surface area (Å²) in [6.45, 7) is 4.22. The fourth-order valence-corrected chi connectivity index (χ4v) is 2.61. The van der Waals surface area contributed by atoms with Crippen molar-refractivity contribution >= 4 is 11.6 Å². The molecule has 0 bridgehead atoms. The van der Waals surface area contributed by atoms with Gasteiger partial charge >= 0.3 is 0 Å². The maximum atomic E-state index is 13.7. The first-order valence-electron chi connectivity index (χ1n) is 6.54. The van der Waals surface area contributed by atoms with E-state index in [1.807, 2.05) is 0 Å². The lowest BCUT2D eigenvalue weighted by Crippen LogP contribution is -2.33. The first-order valence-corrected chi connectivity index (χ1v) is 6.54. The largest absolute Gasteiger partial charge is 0.309 e. The van der Waals surface area contributed by atoms with Crippen molar-refractivity contribution in [1.82, 2.24) is 0 Å². The highest BCUT2D eigenvalue weighted by Crippen LogP contribution is 2.31. The molecule has 1 heterocycles. The van der Waals surface area contributed by atoms with Gasteiger partial charge in [0.25, 0.3) is 0 Å². The summed E-state index contributed by atoms with van der Waals surface area (Å²) in [5.74, 6) is -0.0422. The highest BCUT2D eigenvalue weighted by atomic mass is 19.1. The van der Waals surface area contributed by atoms with Crippen LogP contribution in [-0.2, 0) is 4.79 Å². The van der Waals surface area contributed by atoms with Gasteiger partial charge in [-0.3, -0.25) is 4.79 Å². The van der Waals surface area contributed by atoms with Crippen molar-refractivity contribution in [3.8, 4) is 6.07 Å². The van der Waals surface area contributed by atoms with E-state index >= 15 is 0 Å². The Morgan fingerprint density at radius 1 is 1.53 bits per heavy atom. The molecule has 100 valence electrons. The third-order valence-corrected chi connectivity index (χ3v) is 3.42. The zero-order chi connectivity index (χ0) is 14.0. The number of benzene rings is 1. The Bertz CT molecular complexity index is 533. The smallest absolute Gasteiger partial charge is 0.227 e. The average molecular weight is 260 g/mol. The number of carbonyl (C=O) groups excluding carboxylic acids is 1. The number of nitriles is 1. The van der Waals surface area contributed by atoms with Gasteiger partial charge in [-0.05, 0) is 37.0 Å². The van der Waals surface area contributed by atoms with Gasteiger partial charge in [0.2, 0.25) is 5.91 Å². The second-order valence-electron chi connectivity index (χ2n) is 5.36. The van der Waals surface area contributed by atoms with Crippen LogP contribution in [0.4, 0.5) is 10.1 Å². The van der Waals surface area contributed by atoms with Gasteiger partial charge in [-0.1, -0.05) is 13.8 Å². The van der Waals surface area contributed by atoms with Crippen molar-refractivity contribution < 1.29 is 9.18 Å². The predicted octanol–water partition coefficient (Wildman–Crippen LogP) is 3.24. The maximum Gasteiger partial charge on any atom is 0.227 e. The summed E-state index contributed by atoms with van der Waals surface area (Å²) in [5.41, 5.74) is 0.570. The van der Waals surface area contributed by atoms with Crippen LogP contribution in [0.15, 0.2) is 18.2 Å². The van der Waals surface area contributed by atoms with E-state index < -0.39 is 5.82 Å². The van der Waals surface area contributed by atoms with Crippen molar-refractivity contribution in [3.05, 3.63) is 29.6 Å². The zero-order valence-electron chi connectivity index (χ0n) is 11.2. The van der Waals surface area contributed by atoms with Gasteiger partial charge in [-0.2, -0.15) is 5.26 Å². The van der Waals surface area contributed by atoms with Gasteiger partial charge in [0.15, 0.2) is 0 Å². The third-order valence-electron chi connectivity index (χ3n) is 3.42. The number of hydrogen-bond acceptors (Lipinski definition) is 2. The van der Waals surface area contributed by atoms with Crippen molar-refractivity contribution in [2.45, 2.75) is 39.2 Å². The summed E-state index contributed by atoms with van der Waals surface area (Å²) >= 11 is 0. The van der Waals surface area contributed by atoms with E-state index in [1.54, 1.807) is 17.0 Å². The number of anilines is 1. The second-order valence-corrected chi connectivity index (χ2v) is 5.36. The van der Waals surface area contributed by atoms with Crippen LogP contribution >= 0.6 is 0 Å². The molecule has 1 atom stereocenters. The second kappa shape index (κ2) is 5.40. The molecule has 0 aromatic heterocycles. The molecular weight excluding hydrogens is 243 g/mol. The zero-order valence-corrected chi connectivity index (χ0v) is 11.2. The Morgan fingerprint density at radius 2 is 2.26 bits per heavy atom. The summed E-state index contributed by atoms with van der Waals surface area (Å²) in [5, 5.41) is 8.73. The summed E-state index contributed by atoms with van der Waals surface area (Å²) < 4.78 is 13.7. The number of rotatable bonds is 3. The van der Waals surface area contributed by atoms with Crippen LogP contribution in [0.1, 0.15) is 38.7 Å². The molecule has 0 aliphatic carbocycles. The van der Waals surface area contributed by atoms with Gasteiger partial charge in [-0.15, -0.1) is 0 Å². The fraction of sp³-hybridized carbons (Fsp3) is 0.467. The molecule has 1 amide bonds. The summed E-state index contributed by atoms with van der Waals surface area (Å²) in [4.78, 5) is 13.7. The maximum absolute atomic E-state index is 13.7. The van der Waals surface area contributed by atoms with Crippen molar-refractivity contribution in [3.63, 3.8) is 0 Å². The molecule has 1 aliphatic rings. The van der Waals surface area contributed by atoms with E-state index in [2.05, 4.69) is 13.8 Å². The number of carbonyl (C=O) groups is 1. The lowest BCUT2D eigenvalue weighted by molar-refractivity contribution is -0.117. The highest BCUT2D eigenvalue weighted by Gasteiger charge is 2.32. The Kier molecular flexibility index (Phi) is 3.84. The molecule has 0 N–H and O–H groups in total. The van der Waals surface area contributed by atoms with Crippen molar-refractivity contribution in [1.29, 1.82) is 5.26 Å².